The molecule has 1 unspecified atom stereocenters. The highest BCUT2D eigenvalue weighted by Crippen LogP contribution is 2.39. The lowest BCUT2D eigenvalue weighted by molar-refractivity contribution is -0.139. The van der Waals surface area contributed by atoms with E-state index in [-0.39, 0.29) is 51.1 Å². The third kappa shape index (κ3) is 9.42. The van der Waals surface area contributed by atoms with Crippen LogP contribution in [0.1, 0.15) is 93.0 Å². The zero-order valence-electron chi connectivity index (χ0n) is 35.6. The molecule has 5 aromatic rings. The zero-order valence-corrected chi connectivity index (χ0v) is 35.6. The number of aromatic nitrogens is 2. The molecule has 2 aliphatic rings. The average Bonchev–Trinajstić information content (AvgIpc) is 4.05. The minimum atomic E-state index is -0.682. The Morgan fingerprint density at radius 1 is 0.800 bits per heavy atom. The fourth-order valence-corrected chi connectivity index (χ4v) is 8.07. The van der Waals surface area contributed by atoms with Crippen molar-refractivity contribution >= 4 is 46.2 Å². The van der Waals surface area contributed by atoms with Gasteiger partial charge in [0.05, 0.1) is 14.2 Å². The number of likely N-dealkylation sites (tertiary alicyclic amines) is 2. The van der Waals surface area contributed by atoms with Crippen molar-refractivity contribution in [2.45, 2.75) is 85.9 Å². The van der Waals surface area contributed by atoms with Crippen molar-refractivity contribution in [3.05, 3.63) is 72.4 Å². The van der Waals surface area contributed by atoms with Gasteiger partial charge in [-0.15, -0.1) is 0 Å². The second-order valence-corrected chi connectivity index (χ2v) is 15.9. The third-order valence-electron chi connectivity index (χ3n) is 10.9. The van der Waals surface area contributed by atoms with Gasteiger partial charge in [-0.05, 0) is 77.6 Å². The monoisotopic (exact) mass is 826 g/mol. The molecular weight excluding hydrogens is 765 g/mol. The largest absolute Gasteiger partial charge is 0.453 e. The summed E-state index contributed by atoms with van der Waals surface area (Å²) in [7, 11) is 5.72. The Morgan fingerprint density at radius 3 is 1.80 bits per heavy atom. The highest BCUT2D eigenvalue weighted by Gasteiger charge is 2.43. The molecule has 60 heavy (non-hydrogen) atoms. The molecule has 7 rings (SSSR count). The number of hydrogen-bond donors (Lipinski definition) is 0. The topological polar surface area (TPSA) is 152 Å². The number of nitrogens with zero attached hydrogens (tertiary/aromatic N) is 6. The molecule has 2 fully saturated rings. The molecule has 3 aromatic carbocycles. The van der Waals surface area contributed by atoms with Gasteiger partial charge >= 0.3 is 12.2 Å². The van der Waals surface area contributed by atoms with E-state index in [1.54, 1.807) is 16.8 Å². The Labute approximate surface area is 354 Å². The zero-order chi connectivity index (χ0) is 42.5. The molecule has 2 aromatic heterocycles. The first-order chi connectivity index (χ1) is 28.3. The van der Waals surface area contributed by atoms with Crippen molar-refractivity contribution in [3.8, 4) is 22.3 Å². The number of benzene rings is 3. The van der Waals surface area contributed by atoms with E-state index in [9.17, 15) is 19.2 Å². The third-order valence-corrected chi connectivity index (χ3v) is 10.9. The summed E-state index contributed by atoms with van der Waals surface area (Å²) in [6.07, 6.45) is 2.37. The number of rotatable bonds is 9. The Kier molecular flexibility index (Phi) is 14.6. The van der Waals surface area contributed by atoms with Crippen molar-refractivity contribution in [1.29, 1.82) is 0 Å². The fraction of sp³-hybridized carbons (Fsp3) is 0.478. The Balaban J connectivity index is 0.00000159. The number of oxazole rings is 2. The molecule has 0 radical (unpaired) electrons. The maximum atomic E-state index is 13.9. The van der Waals surface area contributed by atoms with Gasteiger partial charge in [0.25, 0.3) is 0 Å². The second-order valence-electron chi connectivity index (χ2n) is 15.9. The SMILES string of the molecule is C.CCC.COC(=O)N(C)CC(=O)N1CCC[C@H]1c1nc2cc(-c3ccc(-c4ccc5oc(C6C[C@H](C)CN6C(=O)[C@H](C(C)C)N(C)C(=O)OC)nc5c4)cc3)ccc2o1.[HH]. The van der Waals surface area contributed by atoms with E-state index in [0.717, 1.165) is 35.1 Å². The first-order valence-corrected chi connectivity index (χ1v) is 20.4. The van der Waals surface area contributed by atoms with E-state index in [4.69, 9.17) is 28.3 Å². The molecule has 324 valence electrons. The van der Waals surface area contributed by atoms with Crippen molar-refractivity contribution in [2.75, 3.05) is 47.9 Å². The first-order valence-electron chi connectivity index (χ1n) is 20.4. The van der Waals surface area contributed by atoms with Crippen LogP contribution in [-0.2, 0) is 19.1 Å². The lowest BCUT2D eigenvalue weighted by Gasteiger charge is -2.34. The summed E-state index contributed by atoms with van der Waals surface area (Å²) >= 11 is 0. The van der Waals surface area contributed by atoms with Crippen LogP contribution in [0.15, 0.2) is 69.5 Å². The van der Waals surface area contributed by atoms with Gasteiger partial charge < -0.3 is 33.0 Å². The summed E-state index contributed by atoms with van der Waals surface area (Å²) in [6, 6.07) is 18.7. The average molecular weight is 827 g/mol. The minimum Gasteiger partial charge on any atom is -0.453 e. The Bertz CT molecular complexity index is 2290. The van der Waals surface area contributed by atoms with Gasteiger partial charge in [0.15, 0.2) is 11.2 Å². The van der Waals surface area contributed by atoms with Crippen molar-refractivity contribution < 1.29 is 38.9 Å². The van der Waals surface area contributed by atoms with Gasteiger partial charge in [0, 0.05) is 28.6 Å². The van der Waals surface area contributed by atoms with E-state index >= 15 is 0 Å². The van der Waals surface area contributed by atoms with E-state index in [2.05, 4.69) is 45.0 Å². The molecule has 0 aliphatic carbocycles. The molecular formula is C46H62N6O8. The van der Waals surface area contributed by atoms with Crippen molar-refractivity contribution in [2.24, 2.45) is 11.8 Å². The van der Waals surface area contributed by atoms with Crippen LogP contribution in [0.2, 0.25) is 0 Å². The number of hydrogen-bond acceptors (Lipinski definition) is 10. The van der Waals surface area contributed by atoms with Crippen LogP contribution in [0, 0.1) is 11.8 Å². The molecule has 4 heterocycles. The molecule has 0 saturated carbocycles. The number of carbonyl (C=O) groups excluding carboxylic acids is 4. The molecule has 2 aliphatic heterocycles. The van der Waals surface area contributed by atoms with Crippen LogP contribution in [-0.4, -0.2) is 108 Å². The molecule has 14 nitrogen and oxygen atoms in total. The lowest BCUT2D eigenvalue weighted by atomic mass is 10.00. The predicted octanol–water partition coefficient (Wildman–Crippen LogP) is 9.60. The van der Waals surface area contributed by atoms with Crippen LogP contribution in [0.4, 0.5) is 9.59 Å². The van der Waals surface area contributed by atoms with Crippen LogP contribution >= 0.6 is 0 Å². The van der Waals surface area contributed by atoms with Crippen LogP contribution < -0.4 is 0 Å². The predicted molar refractivity (Wildman–Crippen MR) is 233 cm³/mol. The maximum absolute atomic E-state index is 13.9. The number of amides is 4. The summed E-state index contributed by atoms with van der Waals surface area (Å²) < 4.78 is 22.1. The minimum absolute atomic E-state index is 0. The molecule has 0 bridgehead atoms. The van der Waals surface area contributed by atoms with Crippen molar-refractivity contribution in [1.82, 2.24) is 29.6 Å². The highest BCUT2D eigenvalue weighted by atomic mass is 16.5. The van der Waals surface area contributed by atoms with Crippen LogP contribution in [0.25, 0.3) is 44.5 Å². The normalized spacial score (nSPS) is 17.9. The molecule has 0 N–H and O–H groups in total. The first kappa shape index (κ1) is 45.2. The van der Waals surface area contributed by atoms with Gasteiger partial charge in [-0.25, -0.2) is 19.6 Å². The summed E-state index contributed by atoms with van der Waals surface area (Å²) in [5.41, 5.74) is 6.63. The van der Waals surface area contributed by atoms with Gasteiger partial charge in [0.1, 0.15) is 35.7 Å². The molecule has 4 atom stereocenters. The number of ether oxygens (including phenoxy) is 2. The lowest BCUT2D eigenvalue weighted by Crippen LogP contribution is -2.51. The summed E-state index contributed by atoms with van der Waals surface area (Å²) in [5, 5.41) is 0. The van der Waals surface area contributed by atoms with E-state index in [1.165, 1.54) is 37.5 Å². The molecule has 4 amide bonds. The van der Waals surface area contributed by atoms with E-state index in [1.807, 2.05) is 50.2 Å². The second kappa shape index (κ2) is 19.4. The molecule has 2 saturated heterocycles. The number of likely N-dealkylation sites (N-methyl/N-ethyl adjacent to an activating group) is 2. The van der Waals surface area contributed by atoms with Gasteiger partial charge in [-0.1, -0.05) is 84.9 Å². The molecule has 14 heteroatoms. The Morgan fingerprint density at radius 2 is 1.30 bits per heavy atom. The quantitative estimate of drug-likeness (QED) is 0.140. The maximum Gasteiger partial charge on any atom is 0.409 e. The van der Waals surface area contributed by atoms with Crippen LogP contribution in [0.5, 0.6) is 0 Å². The van der Waals surface area contributed by atoms with Crippen molar-refractivity contribution in [3.63, 3.8) is 0 Å². The van der Waals surface area contributed by atoms with E-state index < -0.39 is 18.2 Å². The summed E-state index contributed by atoms with van der Waals surface area (Å²) in [4.78, 5) is 67.1. The van der Waals surface area contributed by atoms with Gasteiger partial charge in [-0.3, -0.25) is 14.5 Å². The smallest absolute Gasteiger partial charge is 0.409 e. The Hall–Kier alpha value is -5.92. The van der Waals surface area contributed by atoms with Crippen LogP contribution in [0.3, 0.4) is 0 Å². The highest BCUT2D eigenvalue weighted by molar-refractivity contribution is 5.87. The summed E-state index contributed by atoms with van der Waals surface area (Å²) in [6.45, 7) is 11.2. The standard InChI is InChI=1S/C42H48N6O8.C3H8.CH4.H2/c1-24(2)37(46(5)42(52)54-7)40(50)48-22-25(3)19-33(48)39-44-31-21-29(15-17-35(31)56-39)27-12-10-26(11-13-27)28-14-16-34-30(20-28)43-38(55-34)32-9-8-18-47(32)36(49)23-45(4)41(51)53-6;1-3-2;;/h10-17,20-21,24-25,32-33,37H,8-9,18-19,22-23H2,1-7H3;3H2,1-2H3;1H4;1H/t25-,32-,33?,37-;;;/m0.../s1. The van der Waals surface area contributed by atoms with E-state index in [0.29, 0.717) is 53.5 Å². The summed E-state index contributed by atoms with van der Waals surface area (Å²) in [5.74, 6) is 0.742. The number of methoxy groups -OCH3 is 2. The number of fused-ring (bicyclic) bond motifs is 2. The van der Waals surface area contributed by atoms with Gasteiger partial charge in [-0.2, -0.15) is 0 Å². The fourth-order valence-electron chi connectivity index (χ4n) is 8.07. The number of carbonyl (C=O) groups is 4. The molecule has 0 spiro atoms. The van der Waals surface area contributed by atoms with Gasteiger partial charge in [0.2, 0.25) is 23.6 Å².